The van der Waals surface area contributed by atoms with Gasteiger partial charge in [0.15, 0.2) is 0 Å². The Morgan fingerprint density at radius 1 is 1.08 bits per heavy atom. The maximum absolute atomic E-state index is 12.4. The molecule has 0 radical (unpaired) electrons. The van der Waals surface area contributed by atoms with Crippen molar-refractivity contribution in [1.82, 2.24) is 5.32 Å². The number of carbonyl (C=O) groups is 1. The number of ether oxygens (including phenoxy) is 1. The summed E-state index contributed by atoms with van der Waals surface area (Å²) in [4.78, 5) is 12.4. The third kappa shape index (κ3) is 4.72. The van der Waals surface area contributed by atoms with E-state index in [9.17, 15) is 4.79 Å². The molecule has 4 heteroatoms. The second kappa shape index (κ2) is 8.51. The molecule has 1 aliphatic rings. The van der Waals surface area contributed by atoms with E-state index in [4.69, 9.17) is 4.74 Å². The van der Waals surface area contributed by atoms with E-state index in [1.165, 1.54) is 19.3 Å². The summed E-state index contributed by atoms with van der Waals surface area (Å²) in [5.74, 6) is 0.836. The van der Waals surface area contributed by atoms with Crippen molar-refractivity contribution in [3.05, 3.63) is 63.2 Å². The Morgan fingerprint density at radius 2 is 1.83 bits per heavy atom. The van der Waals surface area contributed by atoms with Crippen molar-refractivity contribution in [1.29, 1.82) is 0 Å². The van der Waals surface area contributed by atoms with Crippen molar-refractivity contribution in [2.24, 2.45) is 0 Å². The average molecular weight is 435 g/mol. The summed E-state index contributed by atoms with van der Waals surface area (Å²) < 4.78 is 6.83. The van der Waals surface area contributed by atoms with Gasteiger partial charge in [-0.2, -0.15) is 0 Å². The number of benzene rings is 2. The van der Waals surface area contributed by atoms with Crippen LogP contribution in [0.25, 0.3) is 0 Å². The van der Waals surface area contributed by atoms with Crippen LogP contribution in [-0.4, -0.2) is 11.9 Å². The molecule has 1 N–H and O–H groups in total. The molecule has 0 atom stereocenters. The standard InChI is InChI=1S/C20H22INO2/c21-18-13-16(20(23)22-17-9-5-2-6-10-17)11-12-19(18)24-14-15-7-3-1-4-8-15/h1,3-4,7-8,11-13,17H,2,5-6,9-10,14H2,(H,22,23). The highest BCUT2D eigenvalue weighted by Gasteiger charge is 2.17. The number of nitrogens with one attached hydrogen (secondary N) is 1. The molecule has 3 nitrogen and oxygen atoms in total. The summed E-state index contributed by atoms with van der Waals surface area (Å²) in [6.45, 7) is 0.532. The summed E-state index contributed by atoms with van der Waals surface area (Å²) >= 11 is 2.23. The zero-order valence-electron chi connectivity index (χ0n) is 13.6. The third-order valence-corrected chi connectivity index (χ3v) is 5.21. The molecule has 0 aliphatic heterocycles. The summed E-state index contributed by atoms with van der Waals surface area (Å²) in [5, 5.41) is 3.16. The third-order valence-electron chi connectivity index (χ3n) is 4.37. The fourth-order valence-electron chi connectivity index (χ4n) is 3.01. The fraction of sp³-hybridized carbons (Fsp3) is 0.350. The molecule has 24 heavy (non-hydrogen) atoms. The zero-order chi connectivity index (χ0) is 16.8. The number of rotatable bonds is 5. The van der Waals surface area contributed by atoms with Gasteiger partial charge in [0.2, 0.25) is 0 Å². The van der Waals surface area contributed by atoms with Crippen molar-refractivity contribution in [2.45, 2.75) is 44.8 Å². The first-order chi connectivity index (χ1) is 11.7. The van der Waals surface area contributed by atoms with E-state index < -0.39 is 0 Å². The predicted molar refractivity (Wildman–Crippen MR) is 104 cm³/mol. The van der Waals surface area contributed by atoms with Gasteiger partial charge in [-0.3, -0.25) is 4.79 Å². The lowest BCUT2D eigenvalue weighted by Gasteiger charge is -2.22. The van der Waals surface area contributed by atoms with Crippen LogP contribution in [0.5, 0.6) is 5.75 Å². The summed E-state index contributed by atoms with van der Waals surface area (Å²) in [6, 6.07) is 16.0. The summed E-state index contributed by atoms with van der Waals surface area (Å²) in [6.07, 6.45) is 5.92. The number of hydrogen-bond donors (Lipinski definition) is 1. The SMILES string of the molecule is O=C(NC1CCCCC1)c1ccc(OCc2ccccc2)c(I)c1. The Hall–Kier alpha value is -1.56. The van der Waals surface area contributed by atoms with Gasteiger partial charge in [-0.1, -0.05) is 49.6 Å². The van der Waals surface area contributed by atoms with Crippen LogP contribution in [-0.2, 0) is 6.61 Å². The Morgan fingerprint density at radius 3 is 2.54 bits per heavy atom. The van der Waals surface area contributed by atoms with Crippen LogP contribution in [0.3, 0.4) is 0 Å². The van der Waals surface area contributed by atoms with Gasteiger partial charge < -0.3 is 10.1 Å². The molecule has 1 saturated carbocycles. The van der Waals surface area contributed by atoms with Gasteiger partial charge in [-0.25, -0.2) is 0 Å². The van der Waals surface area contributed by atoms with E-state index >= 15 is 0 Å². The Bertz CT molecular complexity index is 681. The van der Waals surface area contributed by atoms with E-state index in [0.29, 0.717) is 18.2 Å². The maximum Gasteiger partial charge on any atom is 0.251 e. The molecular formula is C20H22INO2. The highest BCUT2D eigenvalue weighted by Crippen LogP contribution is 2.24. The van der Waals surface area contributed by atoms with E-state index in [1.807, 2.05) is 48.5 Å². The molecule has 3 rings (SSSR count). The lowest BCUT2D eigenvalue weighted by molar-refractivity contribution is 0.0927. The minimum atomic E-state index is 0.0226. The van der Waals surface area contributed by atoms with Gasteiger partial charge in [-0.05, 0) is 59.2 Å². The lowest BCUT2D eigenvalue weighted by atomic mass is 9.95. The van der Waals surface area contributed by atoms with Crippen molar-refractivity contribution in [3.8, 4) is 5.75 Å². The topological polar surface area (TPSA) is 38.3 Å². The van der Waals surface area contributed by atoms with Crippen molar-refractivity contribution in [3.63, 3.8) is 0 Å². The monoisotopic (exact) mass is 435 g/mol. The van der Waals surface area contributed by atoms with Crippen LogP contribution in [0.4, 0.5) is 0 Å². The molecule has 126 valence electrons. The summed E-state index contributed by atoms with van der Waals surface area (Å²) in [7, 11) is 0. The number of hydrogen-bond acceptors (Lipinski definition) is 2. The van der Waals surface area contributed by atoms with E-state index in [-0.39, 0.29) is 5.91 Å². The van der Waals surface area contributed by atoms with Crippen molar-refractivity contribution < 1.29 is 9.53 Å². The first-order valence-corrected chi connectivity index (χ1v) is 9.57. The second-order valence-corrected chi connectivity index (χ2v) is 7.39. The number of amides is 1. The Kier molecular flexibility index (Phi) is 6.12. The largest absolute Gasteiger partial charge is 0.488 e. The molecule has 1 amide bonds. The smallest absolute Gasteiger partial charge is 0.251 e. The molecule has 0 heterocycles. The average Bonchev–Trinajstić information content (AvgIpc) is 2.62. The van der Waals surface area contributed by atoms with Crippen LogP contribution in [0.1, 0.15) is 48.0 Å². The second-order valence-electron chi connectivity index (χ2n) is 6.23. The van der Waals surface area contributed by atoms with E-state index in [0.717, 1.165) is 27.7 Å². The first-order valence-electron chi connectivity index (χ1n) is 8.49. The van der Waals surface area contributed by atoms with Gasteiger partial charge in [0.1, 0.15) is 12.4 Å². The molecule has 0 bridgehead atoms. The number of carbonyl (C=O) groups excluding carboxylic acids is 1. The molecule has 2 aromatic carbocycles. The molecule has 0 saturated heterocycles. The van der Waals surface area contributed by atoms with E-state index in [2.05, 4.69) is 27.9 Å². The Balaban J connectivity index is 1.60. The van der Waals surface area contributed by atoms with Gasteiger partial charge in [0, 0.05) is 11.6 Å². The van der Waals surface area contributed by atoms with Gasteiger partial charge in [0.05, 0.1) is 3.57 Å². The van der Waals surface area contributed by atoms with Crippen LogP contribution >= 0.6 is 22.6 Å². The number of halogens is 1. The molecule has 1 aliphatic carbocycles. The van der Waals surface area contributed by atoms with Gasteiger partial charge in [0.25, 0.3) is 5.91 Å². The van der Waals surface area contributed by atoms with Crippen LogP contribution < -0.4 is 10.1 Å². The highest BCUT2D eigenvalue weighted by atomic mass is 127. The fourth-order valence-corrected chi connectivity index (χ4v) is 3.68. The van der Waals surface area contributed by atoms with Gasteiger partial charge in [-0.15, -0.1) is 0 Å². The molecule has 0 unspecified atom stereocenters. The molecule has 0 aromatic heterocycles. The van der Waals surface area contributed by atoms with Crippen molar-refractivity contribution >= 4 is 28.5 Å². The van der Waals surface area contributed by atoms with Crippen LogP contribution in [0, 0.1) is 3.57 Å². The lowest BCUT2D eigenvalue weighted by Crippen LogP contribution is -2.36. The van der Waals surface area contributed by atoms with Crippen molar-refractivity contribution in [2.75, 3.05) is 0 Å². The molecule has 1 fully saturated rings. The molecule has 0 spiro atoms. The minimum Gasteiger partial charge on any atom is -0.488 e. The Labute approximate surface area is 156 Å². The highest BCUT2D eigenvalue weighted by molar-refractivity contribution is 14.1. The normalized spacial score (nSPS) is 15.0. The zero-order valence-corrected chi connectivity index (χ0v) is 15.8. The predicted octanol–water partition coefficient (Wildman–Crippen LogP) is 4.93. The molecular weight excluding hydrogens is 413 g/mol. The van der Waals surface area contributed by atoms with E-state index in [1.54, 1.807) is 0 Å². The van der Waals surface area contributed by atoms with Crippen LogP contribution in [0.2, 0.25) is 0 Å². The molecule has 2 aromatic rings. The van der Waals surface area contributed by atoms with Crippen LogP contribution in [0.15, 0.2) is 48.5 Å². The first kappa shape index (κ1) is 17.3. The quantitative estimate of drug-likeness (QED) is 0.677. The van der Waals surface area contributed by atoms with Gasteiger partial charge >= 0.3 is 0 Å². The maximum atomic E-state index is 12.4. The minimum absolute atomic E-state index is 0.0226. The summed E-state index contributed by atoms with van der Waals surface area (Å²) in [5.41, 5.74) is 1.84.